The number of hydrogen-bond donors (Lipinski definition) is 1. The summed E-state index contributed by atoms with van der Waals surface area (Å²) < 4.78 is 1.43. The van der Waals surface area contributed by atoms with Gasteiger partial charge in [-0.05, 0) is 24.1 Å². The van der Waals surface area contributed by atoms with Crippen LogP contribution in [-0.2, 0) is 11.2 Å². The van der Waals surface area contributed by atoms with Crippen molar-refractivity contribution in [2.24, 2.45) is 5.73 Å². The van der Waals surface area contributed by atoms with Crippen LogP contribution >= 0.6 is 11.3 Å². The largest absolute Gasteiger partial charge is 0.368 e. The lowest BCUT2D eigenvalue weighted by Crippen LogP contribution is -2.35. The van der Waals surface area contributed by atoms with Gasteiger partial charge >= 0.3 is 0 Å². The molecule has 1 amide bonds. The Balaban J connectivity index is 1.92. The molecule has 4 rings (SSSR count). The Morgan fingerprint density at radius 1 is 1.11 bits per heavy atom. The predicted octanol–water partition coefficient (Wildman–Crippen LogP) is 3.76. The van der Waals surface area contributed by atoms with Crippen molar-refractivity contribution in [3.8, 4) is 10.4 Å². The van der Waals surface area contributed by atoms with Crippen molar-refractivity contribution in [2.45, 2.75) is 19.4 Å². The van der Waals surface area contributed by atoms with Gasteiger partial charge in [0.15, 0.2) is 0 Å². The molecule has 28 heavy (non-hydrogen) atoms. The van der Waals surface area contributed by atoms with Crippen LogP contribution in [0.1, 0.15) is 24.4 Å². The van der Waals surface area contributed by atoms with Gasteiger partial charge in [0.05, 0.1) is 5.39 Å². The summed E-state index contributed by atoms with van der Waals surface area (Å²) in [6.07, 6.45) is 0.447. The molecular formula is C22H19N3O2S. The number of nitrogens with zero attached hydrogens (tertiary/aromatic N) is 2. The number of carbonyl (C=O) groups excluding carboxylic acids is 1. The highest BCUT2D eigenvalue weighted by Gasteiger charge is 2.21. The second-order valence-electron chi connectivity index (χ2n) is 6.64. The van der Waals surface area contributed by atoms with Gasteiger partial charge in [0.25, 0.3) is 5.56 Å². The van der Waals surface area contributed by atoms with Gasteiger partial charge in [0.2, 0.25) is 5.91 Å². The zero-order valence-electron chi connectivity index (χ0n) is 15.3. The van der Waals surface area contributed by atoms with E-state index in [2.05, 4.69) is 0 Å². The number of hydrogen-bond acceptors (Lipinski definition) is 4. The summed E-state index contributed by atoms with van der Waals surface area (Å²) in [5.41, 5.74) is 7.32. The molecule has 0 fully saturated rings. The summed E-state index contributed by atoms with van der Waals surface area (Å²) in [7, 11) is 0. The van der Waals surface area contributed by atoms with Crippen molar-refractivity contribution in [3.63, 3.8) is 0 Å². The fourth-order valence-corrected chi connectivity index (χ4v) is 4.26. The molecule has 0 saturated heterocycles. The van der Waals surface area contributed by atoms with Crippen LogP contribution < -0.4 is 11.3 Å². The van der Waals surface area contributed by atoms with E-state index in [1.807, 2.05) is 66.7 Å². The van der Waals surface area contributed by atoms with Crippen LogP contribution in [0.4, 0.5) is 0 Å². The first-order valence-electron chi connectivity index (χ1n) is 8.98. The number of thiophene rings is 1. The Bertz CT molecular complexity index is 1200. The molecule has 1 atom stereocenters. The number of carbonyl (C=O) groups is 1. The van der Waals surface area contributed by atoms with Crippen LogP contribution in [0.5, 0.6) is 0 Å². The molecule has 0 aliphatic carbocycles. The summed E-state index contributed by atoms with van der Waals surface area (Å²) in [5, 5.41) is 0.508. The Morgan fingerprint density at radius 2 is 1.75 bits per heavy atom. The highest BCUT2D eigenvalue weighted by molar-refractivity contribution is 7.21. The molecule has 0 aliphatic heterocycles. The van der Waals surface area contributed by atoms with Gasteiger partial charge in [-0.15, -0.1) is 11.3 Å². The number of fused-ring (bicyclic) bond motifs is 1. The second kappa shape index (κ2) is 7.40. The summed E-state index contributed by atoms with van der Waals surface area (Å²) >= 11 is 1.48. The highest BCUT2D eigenvalue weighted by atomic mass is 32.1. The van der Waals surface area contributed by atoms with Crippen molar-refractivity contribution in [2.75, 3.05) is 0 Å². The SMILES string of the molecule is CC(C(N)=O)n1c(Cc2ccccc2)nc2sc(-c3ccccc3)cc2c1=O. The molecule has 4 aromatic rings. The standard InChI is InChI=1S/C22H19N3O2S/c1-14(20(23)26)25-19(12-15-8-4-2-5-9-15)24-21-17(22(25)27)13-18(28-21)16-10-6-3-7-11-16/h2-11,13-14H,12H2,1H3,(H2,23,26). The van der Waals surface area contributed by atoms with Crippen LogP contribution in [0.25, 0.3) is 20.7 Å². The molecule has 5 nitrogen and oxygen atoms in total. The Hall–Kier alpha value is -3.25. The van der Waals surface area contributed by atoms with Gasteiger partial charge in [0.1, 0.15) is 16.7 Å². The van der Waals surface area contributed by atoms with E-state index in [0.29, 0.717) is 22.5 Å². The summed E-state index contributed by atoms with van der Waals surface area (Å²) in [6, 6.07) is 20.7. The zero-order valence-corrected chi connectivity index (χ0v) is 16.1. The summed E-state index contributed by atoms with van der Waals surface area (Å²) in [4.78, 5) is 31.5. The van der Waals surface area contributed by atoms with E-state index in [-0.39, 0.29) is 5.56 Å². The van der Waals surface area contributed by atoms with E-state index in [0.717, 1.165) is 16.0 Å². The maximum absolute atomic E-state index is 13.3. The number of amides is 1. The van der Waals surface area contributed by atoms with Gasteiger partial charge in [0, 0.05) is 11.3 Å². The first-order valence-corrected chi connectivity index (χ1v) is 9.80. The number of benzene rings is 2. The topological polar surface area (TPSA) is 78.0 Å². The van der Waals surface area contributed by atoms with E-state index in [4.69, 9.17) is 10.7 Å². The number of primary amides is 1. The molecule has 1 unspecified atom stereocenters. The van der Waals surface area contributed by atoms with Crippen LogP contribution in [0.2, 0.25) is 0 Å². The fourth-order valence-electron chi connectivity index (χ4n) is 3.21. The molecule has 2 aromatic heterocycles. The normalized spacial score (nSPS) is 12.2. The van der Waals surface area contributed by atoms with Crippen LogP contribution in [0.15, 0.2) is 71.5 Å². The van der Waals surface area contributed by atoms with Gasteiger partial charge < -0.3 is 5.73 Å². The van der Waals surface area contributed by atoms with Gasteiger partial charge in [-0.1, -0.05) is 60.7 Å². The Morgan fingerprint density at radius 3 is 2.39 bits per heavy atom. The predicted molar refractivity (Wildman–Crippen MR) is 112 cm³/mol. The molecule has 0 spiro atoms. The number of aromatic nitrogens is 2. The lowest BCUT2D eigenvalue weighted by molar-refractivity contribution is -0.120. The molecule has 0 radical (unpaired) electrons. The average molecular weight is 389 g/mol. The summed E-state index contributed by atoms with van der Waals surface area (Å²) in [6.45, 7) is 1.64. The third-order valence-corrected chi connectivity index (χ3v) is 5.81. The van der Waals surface area contributed by atoms with E-state index in [1.165, 1.54) is 15.9 Å². The third-order valence-electron chi connectivity index (χ3n) is 4.73. The average Bonchev–Trinajstić information content (AvgIpc) is 3.14. The Kier molecular flexibility index (Phi) is 4.79. The lowest BCUT2D eigenvalue weighted by Gasteiger charge is -2.16. The van der Waals surface area contributed by atoms with Crippen LogP contribution in [0, 0.1) is 0 Å². The van der Waals surface area contributed by atoms with Crippen LogP contribution in [0.3, 0.4) is 0 Å². The maximum atomic E-state index is 13.3. The molecule has 2 aromatic carbocycles. The minimum absolute atomic E-state index is 0.235. The smallest absolute Gasteiger partial charge is 0.263 e. The molecule has 0 bridgehead atoms. The van der Waals surface area contributed by atoms with E-state index in [9.17, 15) is 9.59 Å². The van der Waals surface area contributed by atoms with Crippen molar-refractivity contribution >= 4 is 27.5 Å². The Labute approximate surface area is 166 Å². The van der Waals surface area contributed by atoms with E-state index in [1.54, 1.807) is 6.92 Å². The third kappa shape index (κ3) is 3.34. The van der Waals surface area contributed by atoms with E-state index >= 15 is 0 Å². The monoisotopic (exact) mass is 389 g/mol. The van der Waals surface area contributed by atoms with Gasteiger partial charge in [-0.2, -0.15) is 0 Å². The second-order valence-corrected chi connectivity index (χ2v) is 7.67. The van der Waals surface area contributed by atoms with Crippen molar-refractivity contribution < 1.29 is 4.79 Å². The number of nitrogens with two attached hydrogens (primary N) is 1. The highest BCUT2D eigenvalue weighted by Crippen LogP contribution is 2.31. The summed E-state index contributed by atoms with van der Waals surface area (Å²) in [5.74, 6) is -0.0208. The molecular weight excluding hydrogens is 370 g/mol. The van der Waals surface area contributed by atoms with Crippen molar-refractivity contribution in [1.29, 1.82) is 0 Å². The van der Waals surface area contributed by atoms with Crippen LogP contribution in [-0.4, -0.2) is 15.5 Å². The van der Waals surface area contributed by atoms with Gasteiger partial charge in [-0.3, -0.25) is 14.2 Å². The molecule has 2 N–H and O–H groups in total. The maximum Gasteiger partial charge on any atom is 0.263 e. The molecule has 140 valence electrons. The lowest BCUT2D eigenvalue weighted by atomic mass is 10.1. The first kappa shape index (κ1) is 18.1. The minimum atomic E-state index is -0.775. The first-order chi connectivity index (χ1) is 13.5. The van der Waals surface area contributed by atoms with E-state index < -0.39 is 11.9 Å². The molecule has 0 saturated carbocycles. The quantitative estimate of drug-likeness (QED) is 0.564. The van der Waals surface area contributed by atoms with Crippen molar-refractivity contribution in [1.82, 2.24) is 9.55 Å². The number of rotatable bonds is 5. The molecule has 0 aliphatic rings. The molecule has 6 heteroatoms. The fraction of sp³-hybridized carbons (Fsp3) is 0.136. The minimum Gasteiger partial charge on any atom is -0.368 e. The zero-order chi connectivity index (χ0) is 19.7. The molecule has 2 heterocycles. The van der Waals surface area contributed by atoms with Crippen molar-refractivity contribution in [3.05, 3.63) is 88.5 Å². The van der Waals surface area contributed by atoms with Gasteiger partial charge in [-0.25, -0.2) is 4.98 Å².